The topological polar surface area (TPSA) is 75.2 Å². The van der Waals surface area contributed by atoms with Gasteiger partial charge in [0.15, 0.2) is 5.82 Å². The van der Waals surface area contributed by atoms with Gasteiger partial charge in [-0.2, -0.15) is 9.29 Å². The third-order valence-corrected chi connectivity index (χ3v) is 8.90. The molecule has 1 fully saturated rings. The van der Waals surface area contributed by atoms with Gasteiger partial charge in [0.25, 0.3) is 0 Å². The van der Waals surface area contributed by atoms with Crippen molar-refractivity contribution < 1.29 is 8.42 Å². The van der Waals surface area contributed by atoms with Crippen LogP contribution in [0.3, 0.4) is 0 Å². The average Bonchev–Trinajstić information content (AvgIpc) is 3.45. The number of nitrogens with zero attached hydrogens (tertiary/aromatic N) is 3. The van der Waals surface area contributed by atoms with Gasteiger partial charge in [0, 0.05) is 29.7 Å². The number of allylic oxidation sites excluding steroid dienone is 2. The zero-order valence-electron chi connectivity index (χ0n) is 17.0. The Morgan fingerprint density at radius 1 is 1.03 bits per heavy atom. The van der Waals surface area contributed by atoms with Gasteiger partial charge in [-0.3, -0.25) is 0 Å². The number of sulfonamides is 1. The van der Waals surface area contributed by atoms with E-state index in [0.29, 0.717) is 23.8 Å². The van der Waals surface area contributed by atoms with E-state index in [9.17, 15) is 8.42 Å². The third-order valence-electron chi connectivity index (χ3n) is 5.84. The van der Waals surface area contributed by atoms with Crippen LogP contribution in [-0.2, 0) is 10.0 Å². The third kappa shape index (κ3) is 4.09. The molecule has 0 bridgehead atoms. The van der Waals surface area contributed by atoms with Gasteiger partial charge in [0.1, 0.15) is 0 Å². The minimum absolute atomic E-state index is 0.194. The molecule has 1 N–H and O–H groups in total. The van der Waals surface area contributed by atoms with Crippen LogP contribution in [0.1, 0.15) is 44.1 Å². The highest BCUT2D eigenvalue weighted by Crippen LogP contribution is 2.38. The summed E-state index contributed by atoms with van der Waals surface area (Å²) in [5, 5.41) is 5.62. The lowest BCUT2D eigenvalue weighted by Gasteiger charge is -2.16. The van der Waals surface area contributed by atoms with E-state index in [1.165, 1.54) is 18.4 Å². The molecule has 3 aromatic rings. The fourth-order valence-corrected chi connectivity index (χ4v) is 6.87. The molecule has 0 atom stereocenters. The van der Waals surface area contributed by atoms with E-state index in [0.717, 1.165) is 47.2 Å². The number of nitrogens with one attached hydrogen (secondary N) is 1. The van der Waals surface area contributed by atoms with Crippen LogP contribution >= 0.6 is 22.9 Å². The molecule has 0 radical (unpaired) electrons. The lowest BCUT2D eigenvalue weighted by atomic mass is 9.95. The molecule has 2 aliphatic rings. The highest BCUT2D eigenvalue weighted by molar-refractivity contribution is 7.89. The van der Waals surface area contributed by atoms with Gasteiger partial charge < -0.3 is 5.32 Å². The van der Waals surface area contributed by atoms with Crippen molar-refractivity contribution in [1.29, 1.82) is 0 Å². The Bertz CT molecular complexity index is 1250. The highest BCUT2D eigenvalue weighted by atomic mass is 35.5. The summed E-state index contributed by atoms with van der Waals surface area (Å²) in [6.45, 7) is 1.19. The second-order valence-electron chi connectivity index (χ2n) is 7.90. The Balaban J connectivity index is 1.44. The Morgan fingerprint density at radius 3 is 2.52 bits per heavy atom. The lowest BCUT2D eigenvalue weighted by Crippen LogP contribution is -2.27. The summed E-state index contributed by atoms with van der Waals surface area (Å²) in [6.07, 6.45) is 8.73. The smallest absolute Gasteiger partial charge is 0.243 e. The minimum atomic E-state index is -3.42. The van der Waals surface area contributed by atoms with Crippen LogP contribution < -0.4 is 5.32 Å². The van der Waals surface area contributed by atoms with E-state index in [2.05, 4.69) is 26.7 Å². The van der Waals surface area contributed by atoms with E-state index >= 15 is 0 Å². The van der Waals surface area contributed by atoms with E-state index < -0.39 is 10.0 Å². The quantitative estimate of drug-likeness (QED) is 0.471. The van der Waals surface area contributed by atoms with Crippen LogP contribution in [0.2, 0.25) is 5.28 Å². The molecule has 2 aromatic heterocycles. The number of thiophene rings is 1. The molecule has 162 valence electrons. The molecule has 1 aromatic carbocycles. The molecule has 1 saturated heterocycles. The predicted molar refractivity (Wildman–Crippen MR) is 127 cm³/mol. The molecule has 0 saturated carbocycles. The van der Waals surface area contributed by atoms with Gasteiger partial charge in [0.05, 0.1) is 15.1 Å². The van der Waals surface area contributed by atoms with E-state index in [-0.39, 0.29) is 5.28 Å². The maximum Gasteiger partial charge on any atom is 0.243 e. The van der Waals surface area contributed by atoms with E-state index in [1.807, 2.05) is 0 Å². The summed E-state index contributed by atoms with van der Waals surface area (Å²) in [4.78, 5) is 9.21. The van der Waals surface area contributed by atoms with Gasteiger partial charge in [0.2, 0.25) is 15.3 Å². The number of rotatable bonds is 5. The first-order valence-corrected chi connectivity index (χ1v) is 13.2. The molecule has 1 aliphatic carbocycles. The molecule has 6 nitrogen and oxygen atoms in total. The van der Waals surface area contributed by atoms with Crippen LogP contribution in [0.5, 0.6) is 0 Å². The molecule has 0 unspecified atom stereocenters. The molecule has 31 heavy (non-hydrogen) atoms. The van der Waals surface area contributed by atoms with Crippen LogP contribution in [0, 0.1) is 0 Å². The zero-order valence-corrected chi connectivity index (χ0v) is 19.4. The van der Waals surface area contributed by atoms with Gasteiger partial charge in [-0.15, -0.1) is 11.3 Å². The van der Waals surface area contributed by atoms with Crippen LogP contribution in [-0.4, -0.2) is 35.8 Å². The molecule has 9 heteroatoms. The second kappa shape index (κ2) is 8.50. The van der Waals surface area contributed by atoms with Crippen molar-refractivity contribution in [1.82, 2.24) is 14.3 Å². The van der Waals surface area contributed by atoms with Gasteiger partial charge >= 0.3 is 0 Å². The largest absolute Gasteiger partial charge is 0.339 e. The summed E-state index contributed by atoms with van der Waals surface area (Å²) in [7, 11) is -3.42. The van der Waals surface area contributed by atoms with Gasteiger partial charge in [-0.1, -0.05) is 6.08 Å². The SMILES string of the molecule is O=S(=O)(c1ccc(Nc2nc(Cl)nc3c(C4=CCCCC4)csc23)cc1)N1CCCC1. The highest BCUT2D eigenvalue weighted by Gasteiger charge is 2.27. The summed E-state index contributed by atoms with van der Waals surface area (Å²) in [5.74, 6) is 0.637. The summed E-state index contributed by atoms with van der Waals surface area (Å²) in [6, 6.07) is 6.82. The number of halogens is 1. The molecule has 1 aliphatic heterocycles. The van der Waals surface area contributed by atoms with Gasteiger partial charge in [-0.25, -0.2) is 13.4 Å². The number of aromatic nitrogens is 2. The zero-order chi connectivity index (χ0) is 21.4. The predicted octanol–water partition coefficient (Wildman–Crippen LogP) is 5.83. The van der Waals surface area contributed by atoms with E-state index in [1.54, 1.807) is 39.9 Å². The first-order valence-electron chi connectivity index (χ1n) is 10.5. The van der Waals surface area contributed by atoms with Crippen molar-refractivity contribution in [2.45, 2.75) is 43.4 Å². The van der Waals surface area contributed by atoms with Crippen LogP contribution in [0.15, 0.2) is 40.6 Å². The summed E-state index contributed by atoms with van der Waals surface area (Å²) < 4.78 is 28.0. The first kappa shape index (κ1) is 20.9. The Morgan fingerprint density at radius 2 is 1.81 bits per heavy atom. The van der Waals surface area contributed by atoms with Crippen molar-refractivity contribution in [3.8, 4) is 0 Å². The van der Waals surface area contributed by atoms with Crippen molar-refractivity contribution in [2.75, 3.05) is 18.4 Å². The van der Waals surface area contributed by atoms with Crippen molar-refractivity contribution in [2.24, 2.45) is 0 Å². The molecular formula is C22H23ClN4O2S2. The maximum atomic E-state index is 12.7. The van der Waals surface area contributed by atoms with Gasteiger partial charge in [-0.05, 0) is 80.0 Å². The molecule has 0 amide bonds. The van der Waals surface area contributed by atoms with Crippen LogP contribution in [0.25, 0.3) is 15.8 Å². The monoisotopic (exact) mass is 474 g/mol. The number of hydrogen-bond acceptors (Lipinski definition) is 6. The fraction of sp³-hybridized carbons (Fsp3) is 0.364. The fourth-order valence-electron chi connectivity index (χ4n) is 4.21. The van der Waals surface area contributed by atoms with Crippen molar-refractivity contribution in [3.63, 3.8) is 0 Å². The minimum Gasteiger partial charge on any atom is -0.339 e. The summed E-state index contributed by atoms with van der Waals surface area (Å²) in [5.41, 5.74) is 4.09. The second-order valence-corrected chi connectivity index (χ2v) is 11.1. The number of hydrogen-bond donors (Lipinski definition) is 1. The number of fused-ring (bicyclic) bond motifs is 1. The standard InChI is InChI=1S/C22H23ClN4O2S2/c23-22-25-19-18(15-6-2-1-3-7-15)14-30-20(19)21(26-22)24-16-8-10-17(11-9-16)31(28,29)27-12-4-5-13-27/h6,8-11,14H,1-5,7,12-13H2,(H,24,25,26). The molecule has 0 spiro atoms. The Kier molecular flexibility index (Phi) is 5.73. The van der Waals surface area contributed by atoms with Crippen molar-refractivity contribution in [3.05, 3.63) is 46.6 Å². The maximum absolute atomic E-state index is 12.7. The average molecular weight is 475 g/mol. The molecule has 5 rings (SSSR count). The van der Waals surface area contributed by atoms with E-state index in [4.69, 9.17) is 11.6 Å². The Hall–Kier alpha value is -2.00. The normalized spacial score (nSPS) is 17.8. The van der Waals surface area contributed by atoms with Crippen molar-refractivity contribution >= 4 is 60.3 Å². The summed E-state index contributed by atoms with van der Waals surface area (Å²) >= 11 is 7.85. The Labute approximate surface area is 191 Å². The molecular weight excluding hydrogens is 452 g/mol. The number of anilines is 2. The first-order chi connectivity index (χ1) is 15.0. The number of benzene rings is 1. The lowest BCUT2D eigenvalue weighted by molar-refractivity contribution is 0.477. The molecule has 3 heterocycles. The van der Waals surface area contributed by atoms with Crippen LogP contribution in [0.4, 0.5) is 11.5 Å².